The van der Waals surface area contributed by atoms with Gasteiger partial charge in [0.05, 0.1) is 12.3 Å². The van der Waals surface area contributed by atoms with Crippen molar-refractivity contribution < 1.29 is 72.8 Å². The summed E-state index contributed by atoms with van der Waals surface area (Å²) in [5.41, 5.74) is 1.31. The van der Waals surface area contributed by atoms with Crippen molar-refractivity contribution in [3.63, 3.8) is 0 Å². The number of carbonyl (C=O) groups is 10. The Morgan fingerprint density at radius 1 is 0.780 bits per heavy atom. The van der Waals surface area contributed by atoms with Crippen molar-refractivity contribution in [1.29, 1.82) is 0 Å². The molecule has 6 amide bonds. The number of alkyl halides is 1. The van der Waals surface area contributed by atoms with Crippen molar-refractivity contribution in [2.45, 2.75) is 130 Å². The third kappa shape index (κ3) is 16.9. The quantitative estimate of drug-likeness (QED) is 0.0479. The second-order valence-corrected chi connectivity index (χ2v) is 15.4. The van der Waals surface area contributed by atoms with Gasteiger partial charge in [0, 0.05) is 32.4 Å². The molecule has 22 nitrogen and oxygen atoms in total. The summed E-state index contributed by atoms with van der Waals surface area (Å²) in [7, 11) is 0. The SMILES string of the molecule is CCCN(NOC(=O)[C@@H]1CCCN1C(=O)[C@@H](NC(=O)[C@@H](NC(=O)[C@H](NC(=O)[C@@H](CCC(=O)O)NC(C)=O)C(CC(=O)O)C(=O)O)C(C)C)C(C)C)C(=O)OC(Cl)C(C)C. The molecule has 334 valence electrons. The lowest BCUT2D eigenvalue weighted by molar-refractivity contribution is -0.171. The van der Waals surface area contributed by atoms with E-state index >= 15 is 0 Å². The third-order valence-electron chi connectivity index (χ3n) is 8.98. The van der Waals surface area contributed by atoms with Crippen LogP contribution in [-0.4, -0.2) is 134 Å². The van der Waals surface area contributed by atoms with Gasteiger partial charge in [-0.2, -0.15) is 0 Å². The maximum Gasteiger partial charge on any atom is 0.428 e. The maximum atomic E-state index is 14.0. The van der Waals surface area contributed by atoms with Gasteiger partial charge in [-0.15, -0.1) is 0 Å². The number of carboxylic acid groups (broad SMARTS) is 3. The van der Waals surface area contributed by atoms with Gasteiger partial charge in [-0.05, 0) is 37.5 Å². The molecule has 0 aromatic heterocycles. The summed E-state index contributed by atoms with van der Waals surface area (Å²) >= 11 is 6.06. The van der Waals surface area contributed by atoms with Crippen LogP contribution in [0, 0.1) is 23.7 Å². The van der Waals surface area contributed by atoms with E-state index in [1.54, 1.807) is 34.6 Å². The van der Waals surface area contributed by atoms with Crippen molar-refractivity contribution in [1.82, 2.24) is 36.8 Å². The van der Waals surface area contributed by atoms with Crippen LogP contribution < -0.4 is 26.9 Å². The van der Waals surface area contributed by atoms with Crippen molar-refractivity contribution >= 4 is 71.1 Å². The first-order valence-electron chi connectivity index (χ1n) is 19.2. The zero-order valence-corrected chi connectivity index (χ0v) is 35.2. The molecule has 0 aromatic rings. The van der Waals surface area contributed by atoms with Crippen LogP contribution in [0.4, 0.5) is 4.79 Å². The predicted molar refractivity (Wildman–Crippen MR) is 205 cm³/mol. The van der Waals surface area contributed by atoms with E-state index in [9.17, 15) is 58.2 Å². The lowest BCUT2D eigenvalue weighted by atomic mass is 9.93. The van der Waals surface area contributed by atoms with Crippen molar-refractivity contribution in [2.75, 3.05) is 13.1 Å². The molecular weight excluding hydrogens is 806 g/mol. The fourth-order valence-corrected chi connectivity index (χ4v) is 5.85. The number of carbonyl (C=O) groups excluding carboxylic acids is 7. The van der Waals surface area contributed by atoms with E-state index < -0.39 is 132 Å². The maximum absolute atomic E-state index is 14.0. The van der Waals surface area contributed by atoms with Crippen LogP contribution in [0.1, 0.15) is 93.9 Å². The average Bonchev–Trinajstić information content (AvgIpc) is 3.63. The molecule has 0 radical (unpaired) electrons. The van der Waals surface area contributed by atoms with Gasteiger partial charge in [0.2, 0.25) is 29.5 Å². The number of hydrogen-bond acceptors (Lipinski definition) is 13. The smallest absolute Gasteiger partial charge is 0.428 e. The monoisotopic (exact) mass is 863 g/mol. The summed E-state index contributed by atoms with van der Waals surface area (Å²) in [6.07, 6.45) is -2.15. The summed E-state index contributed by atoms with van der Waals surface area (Å²) in [5, 5.41) is 38.6. The number of halogens is 1. The Morgan fingerprint density at radius 3 is 1.83 bits per heavy atom. The normalized spacial score (nSPS) is 16.8. The van der Waals surface area contributed by atoms with Crippen LogP contribution >= 0.6 is 11.6 Å². The fraction of sp³-hybridized carbons (Fsp3) is 0.722. The average molecular weight is 864 g/mol. The number of rotatable bonds is 24. The van der Waals surface area contributed by atoms with Gasteiger partial charge < -0.3 is 51.1 Å². The van der Waals surface area contributed by atoms with Gasteiger partial charge in [-0.1, -0.05) is 65.7 Å². The number of hydrogen-bond donors (Lipinski definition) is 8. The molecule has 0 aromatic carbocycles. The largest absolute Gasteiger partial charge is 0.481 e. The zero-order valence-electron chi connectivity index (χ0n) is 34.4. The number of nitrogens with zero attached hydrogens (tertiary/aromatic N) is 2. The lowest BCUT2D eigenvalue weighted by Gasteiger charge is -2.33. The molecule has 0 aliphatic carbocycles. The molecule has 1 fully saturated rings. The van der Waals surface area contributed by atoms with Gasteiger partial charge in [0.15, 0.2) is 5.56 Å². The molecule has 7 atom stereocenters. The second-order valence-electron chi connectivity index (χ2n) is 15.0. The number of aliphatic carboxylic acids is 3. The molecule has 59 heavy (non-hydrogen) atoms. The molecule has 8 N–H and O–H groups in total. The van der Waals surface area contributed by atoms with E-state index in [0.717, 1.165) is 11.9 Å². The van der Waals surface area contributed by atoms with Crippen molar-refractivity contribution in [2.24, 2.45) is 23.7 Å². The lowest BCUT2D eigenvalue weighted by Crippen LogP contribution is -2.62. The number of hydrazine groups is 1. The van der Waals surface area contributed by atoms with E-state index in [4.69, 9.17) is 26.3 Å². The van der Waals surface area contributed by atoms with Crippen LogP contribution in [-0.2, 0) is 52.7 Å². The van der Waals surface area contributed by atoms with E-state index in [-0.39, 0.29) is 25.4 Å². The van der Waals surface area contributed by atoms with E-state index in [0.29, 0.717) is 12.8 Å². The third-order valence-corrected chi connectivity index (χ3v) is 9.58. The molecule has 0 bridgehead atoms. The topological polar surface area (TPSA) is 316 Å². The Balaban J connectivity index is 3.32. The Kier molecular flexibility index (Phi) is 21.6. The fourth-order valence-electron chi connectivity index (χ4n) is 5.77. The molecule has 1 aliphatic heterocycles. The molecule has 1 heterocycles. The van der Waals surface area contributed by atoms with E-state index in [2.05, 4.69) is 26.9 Å². The first-order valence-corrected chi connectivity index (χ1v) is 19.6. The Morgan fingerprint density at radius 2 is 1.34 bits per heavy atom. The molecule has 0 spiro atoms. The van der Waals surface area contributed by atoms with Crippen LogP contribution in [0.15, 0.2) is 0 Å². The first-order chi connectivity index (χ1) is 27.4. The summed E-state index contributed by atoms with van der Waals surface area (Å²) in [6, 6.07) is -7.65. The number of amides is 6. The van der Waals surface area contributed by atoms with Gasteiger partial charge in [0.1, 0.15) is 30.2 Å². The van der Waals surface area contributed by atoms with Gasteiger partial charge >= 0.3 is 30.0 Å². The Bertz CT molecular complexity index is 1550. The molecule has 1 saturated heterocycles. The summed E-state index contributed by atoms with van der Waals surface area (Å²) < 4.78 is 5.17. The molecule has 1 aliphatic rings. The van der Waals surface area contributed by atoms with Gasteiger partial charge in [-0.3, -0.25) is 38.4 Å². The summed E-state index contributed by atoms with van der Waals surface area (Å²) in [5.74, 6) is -14.3. The summed E-state index contributed by atoms with van der Waals surface area (Å²) in [6.45, 7) is 12.7. The highest BCUT2D eigenvalue weighted by atomic mass is 35.5. The molecule has 23 heteroatoms. The van der Waals surface area contributed by atoms with E-state index in [1.165, 1.54) is 18.7 Å². The van der Waals surface area contributed by atoms with Crippen LogP contribution in [0.3, 0.4) is 0 Å². The highest BCUT2D eigenvalue weighted by Crippen LogP contribution is 2.22. The molecule has 1 rings (SSSR count). The number of nitrogens with one attached hydrogen (secondary N) is 5. The van der Waals surface area contributed by atoms with Crippen molar-refractivity contribution in [3.05, 3.63) is 0 Å². The molecule has 0 saturated carbocycles. The van der Waals surface area contributed by atoms with Crippen molar-refractivity contribution in [3.8, 4) is 0 Å². The Labute approximate surface area is 346 Å². The highest BCUT2D eigenvalue weighted by molar-refractivity contribution is 6.20. The zero-order chi connectivity index (χ0) is 45.3. The van der Waals surface area contributed by atoms with Crippen LogP contribution in [0.5, 0.6) is 0 Å². The van der Waals surface area contributed by atoms with Crippen LogP contribution in [0.25, 0.3) is 0 Å². The number of carboxylic acids is 3. The van der Waals surface area contributed by atoms with E-state index in [1.807, 2.05) is 0 Å². The Hall–Kier alpha value is -5.25. The second kappa shape index (κ2) is 24.6. The first kappa shape index (κ1) is 51.8. The number of ether oxygens (including phenoxy) is 1. The van der Waals surface area contributed by atoms with Gasteiger partial charge in [0.25, 0.3) is 0 Å². The van der Waals surface area contributed by atoms with Gasteiger partial charge in [-0.25, -0.2) is 14.6 Å². The standard InChI is InChI=1S/C36H58ClN7O15/c1-9-14-44(36(57)58-29(37)19(6)7)42-59-35(56)23-11-10-15-43(23)33(53)27(18(4)5)40-31(51)26(17(2)3)39-32(52)28(21(34(54)55)16-25(48)49)41-30(50)22(38-20(8)45)12-13-24(46)47/h17-19,21-23,26-29,42H,9-16H2,1-8H3,(H,38,45)(H,39,52)(H,40,51)(H,41,50)(H,46,47)(H,48,49)(H,54,55)/t21?,22-,23+,26+,27+,28-,29?/m1/s1. The molecular formula is C36H58ClN7O15. The predicted octanol–water partition coefficient (Wildman–Crippen LogP) is 0.321. The highest BCUT2D eigenvalue weighted by Gasteiger charge is 2.43. The minimum atomic E-state index is -2.15. The molecule has 2 unspecified atom stereocenters. The summed E-state index contributed by atoms with van der Waals surface area (Å²) in [4.78, 5) is 134. The minimum Gasteiger partial charge on any atom is -0.481 e. The van der Waals surface area contributed by atoms with Crippen LogP contribution in [0.2, 0.25) is 0 Å². The number of likely N-dealkylation sites (tertiary alicyclic amines) is 1. The minimum absolute atomic E-state index is 0.0736.